The Morgan fingerprint density at radius 1 is 1.30 bits per heavy atom. The molecule has 2 rings (SSSR count). The molecule has 5 nitrogen and oxygen atoms in total. The quantitative estimate of drug-likeness (QED) is 0.734. The van der Waals surface area contributed by atoms with Crippen molar-refractivity contribution < 1.29 is 12.8 Å². The molecule has 0 atom stereocenters. The lowest BCUT2D eigenvalue weighted by Crippen LogP contribution is -2.24. The molecule has 7 heteroatoms. The van der Waals surface area contributed by atoms with Crippen molar-refractivity contribution in [2.75, 3.05) is 6.54 Å². The second kappa shape index (κ2) is 7.03. The van der Waals surface area contributed by atoms with Crippen molar-refractivity contribution in [1.29, 1.82) is 0 Å². The van der Waals surface area contributed by atoms with Gasteiger partial charge < -0.3 is 9.73 Å². The third-order valence-corrected chi connectivity index (χ3v) is 5.29. The van der Waals surface area contributed by atoms with Gasteiger partial charge in [-0.1, -0.05) is 6.92 Å². The molecule has 0 bridgehead atoms. The number of sulfonamides is 1. The van der Waals surface area contributed by atoms with Crippen molar-refractivity contribution in [2.45, 2.75) is 31.3 Å². The van der Waals surface area contributed by atoms with E-state index in [0.717, 1.165) is 23.4 Å². The zero-order valence-corrected chi connectivity index (χ0v) is 12.9. The van der Waals surface area contributed by atoms with Crippen LogP contribution in [0, 0.1) is 0 Å². The molecular weight excluding hydrogens is 296 g/mol. The molecule has 2 aromatic heterocycles. The molecule has 0 fully saturated rings. The summed E-state index contributed by atoms with van der Waals surface area (Å²) in [7, 11) is -3.48. The fourth-order valence-corrected chi connectivity index (χ4v) is 4.15. The van der Waals surface area contributed by atoms with E-state index in [4.69, 9.17) is 4.42 Å². The number of furan rings is 1. The molecule has 0 aliphatic heterocycles. The van der Waals surface area contributed by atoms with Gasteiger partial charge in [0.15, 0.2) is 0 Å². The highest BCUT2D eigenvalue weighted by atomic mass is 32.2. The number of nitrogens with one attached hydrogen (secondary N) is 2. The maximum atomic E-state index is 12.3. The fraction of sp³-hybridized carbons (Fsp3) is 0.385. The molecule has 2 aromatic rings. The summed E-state index contributed by atoms with van der Waals surface area (Å²) in [6, 6.07) is 3.38. The summed E-state index contributed by atoms with van der Waals surface area (Å²) in [5.74, 6) is 0. The predicted molar refractivity (Wildman–Crippen MR) is 79.1 cm³/mol. The van der Waals surface area contributed by atoms with Crippen LogP contribution in [0.4, 0.5) is 0 Å². The molecule has 0 saturated heterocycles. The minimum absolute atomic E-state index is 0.233. The van der Waals surface area contributed by atoms with E-state index in [1.165, 1.54) is 23.9 Å². The summed E-state index contributed by atoms with van der Waals surface area (Å²) < 4.78 is 32.1. The second-order valence-electron chi connectivity index (χ2n) is 4.34. The van der Waals surface area contributed by atoms with Crippen LogP contribution in [0.3, 0.4) is 0 Å². The number of hydrogen-bond acceptors (Lipinski definition) is 5. The molecule has 0 aromatic carbocycles. The van der Waals surface area contributed by atoms with Gasteiger partial charge in [-0.3, -0.25) is 0 Å². The van der Waals surface area contributed by atoms with Crippen molar-refractivity contribution in [2.24, 2.45) is 0 Å². The van der Waals surface area contributed by atoms with Crippen molar-refractivity contribution >= 4 is 21.4 Å². The first-order valence-corrected chi connectivity index (χ1v) is 8.77. The lowest BCUT2D eigenvalue weighted by atomic mass is 10.4. The maximum Gasteiger partial charge on any atom is 0.242 e. The van der Waals surface area contributed by atoms with Crippen LogP contribution >= 0.6 is 11.3 Å². The summed E-state index contributed by atoms with van der Waals surface area (Å²) in [5, 5.41) is 5.02. The average molecular weight is 314 g/mol. The molecule has 110 valence electrons. The van der Waals surface area contributed by atoms with E-state index in [-0.39, 0.29) is 6.54 Å². The Kier molecular flexibility index (Phi) is 5.36. The minimum atomic E-state index is -3.48. The average Bonchev–Trinajstić information content (AvgIpc) is 3.08. The zero-order valence-electron chi connectivity index (χ0n) is 11.3. The number of hydrogen-bond donors (Lipinski definition) is 2. The van der Waals surface area contributed by atoms with Crippen LogP contribution in [0.5, 0.6) is 0 Å². The third kappa shape index (κ3) is 3.92. The Morgan fingerprint density at radius 2 is 2.15 bits per heavy atom. The van der Waals surface area contributed by atoms with Crippen LogP contribution in [0.1, 0.15) is 23.8 Å². The van der Waals surface area contributed by atoms with Crippen LogP contribution in [0.2, 0.25) is 0 Å². The highest BCUT2D eigenvalue weighted by Gasteiger charge is 2.19. The van der Waals surface area contributed by atoms with Crippen LogP contribution in [-0.4, -0.2) is 15.0 Å². The Balaban J connectivity index is 2.03. The first kappa shape index (κ1) is 15.2. The van der Waals surface area contributed by atoms with E-state index in [2.05, 4.69) is 17.0 Å². The van der Waals surface area contributed by atoms with E-state index < -0.39 is 10.0 Å². The SMILES string of the molecule is CCCNCc1sccc1S(=O)(=O)NCc1ccoc1. The Bertz CT molecular complexity index is 618. The van der Waals surface area contributed by atoms with Gasteiger partial charge in [-0.2, -0.15) is 0 Å². The monoisotopic (exact) mass is 314 g/mol. The Morgan fingerprint density at radius 3 is 2.85 bits per heavy atom. The molecule has 0 unspecified atom stereocenters. The summed E-state index contributed by atoms with van der Waals surface area (Å²) in [6.07, 6.45) is 4.07. The van der Waals surface area contributed by atoms with Gasteiger partial charge in [0.25, 0.3) is 0 Å². The first-order valence-electron chi connectivity index (χ1n) is 6.41. The highest BCUT2D eigenvalue weighted by Crippen LogP contribution is 2.22. The van der Waals surface area contributed by atoms with Gasteiger partial charge in [0, 0.05) is 23.5 Å². The van der Waals surface area contributed by atoms with Gasteiger partial charge in [0.2, 0.25) is 10.0 Å². The Labute approximate surface area is 123 Å². The standard InChI is InChI=1S/C13H18N2O3S2/c1-2-5-14-9-12-13(4-7-19-12)20(16,17)15-8-11-3-6-18-10-11/h3-4,6-7,10,14-15H,2,5,8-9H2,1H3. The lowest BCUT2D eigenvalue weighted by molar-refractivity contribution is 0.561. The first-order chi connectivity index (χ1) is 9.63. The molecule has 0 aliphatic rings. The molecular formula is C13H18N2O3S2. The summed E-state index contributed by atoms with van der Waals surface area (Å²) in [4.78, 5) is 1.19. The van der Waals surface area contributed by atoms with E-state index in [9.17, 15) is 8.42 Å². The normalized spacial score (nSPS) is 11.8. The smallest absolute Gasteiger partial charge is 0.242 e. The molecule has 0 saturated carbocycles. The van der Waals surface area contributed by atoms with Gasteiger partial charge in [0.05, 0.1) is 17.4 Å². The van der Waals surface area contributed by atoms with Crippen molar-refractivity contribution in [3.63, 3.8) is 0 Å². The minimum Gasteiger partial charge on any atom is -0.472 e. The zero-order chi connectivity index (χ0) is 14.4. The molecule has 2 heterocycles. The van der Waals surface area contributed by atoms with E-state index in [1.807, 2.05) is 0 Å². The van der Waals surface area contributed by atoms with Crippen molar-refractivity contribution in [1.82, 2.24) is 10.0 Å². The van der Waals surface area contributed by atoms with Crippen LogP contribution in [-0.2, 0) is 23.1 Å². The summed E-state index contributed by atoms with van der Waals surface area (Å²) >= 11 is 1.45. The maximum absolute atomic E-state index is 12.3. The number of rotatable bonds is 8. The molecule has 0 amide bonds. The second-order valence-corrected chi connectivity index (χ2v) is 7.08. The van der Waals surface area contributed by atoms with E-state index in [1.54, 1.807) is 17.5 Å². The predicted octanol–water partition coefficient (Wildman–Crippen LogP) is 2.32. The lowest BCUT2D eigenvalue weighted by Gasteiger charge is -2.07. The Hall–Kier alpha value is -1.15. The van der Waals surface area contributed by atoms with E-state index in [0.29, 0.717) is 11.4 Å². The fourth-order valence-electron chi connectivity index (χ4n) is 1.73. The third-order valence-electron chi connectivity index (χ3n) is 2.75. The van der Waals surface area contributed by atoms with Crippen molar-refractivity contribution in [3.8, 4) is 0 Å². The molecule has 0 spiro atoms. The molecule has 20 heavy (non-hydrogen) atoms. The van der Waals surface area contributed by atoms with Crippen molar-refractivity contribution in [3.05, 3.63) is 40.5 Å². The summed E-state index contributed by atoms with van der Waals surface area (Å²) in [6.45, 7) is 3.76. The molecule has 2 N–H and O–H groups in total. The van der Waals surface area contributed by atoms with Gasteiger partial charge >= 0.3 is 0 Å². The van der Waals surface area contributed by atoms with Crippen LogP contribution in [0.25, 0.3) is 0 Å². The van der Waals surface area contributed by atoms with Crippen LogP contribution < -0.4 is 10.0 Å². The summed E-state index contributed by atoms with van der Waals surface area (Å²) in [5.41, 5.74) is 0.800. The molecule has 0 aliphatic carbocycles. The van der Waals surface area contributed by atoms with E-state index >= 15 is 0 Å². The van der Waals surface area contributed by atoms with Gasteiger partial charge in [-0.05, 0) is 30.5 Å². The molecule has 0 radical (unpaired) electrons. The number of thiophene rings is 1. The highest BCUT2D eigenvalue weighted by molar-refractivity contribution is 7.89. The topological polar surface area (TPSA) is 71.3 Å². The van der Waals surface area contributed by atoms with Gasteiger partial charge in [-0.15, -0.1) is 11.3 Å². The largest absolute Gasteiger partial charge is 0.472 e. The van der Waals surface area contributed by atoms with Crippen LogP contribution in [0.15, 0.2) is 39.4 Å². The van der Waals surface area contributed by atoms with Gasteiger partial charge in [0.1, 0.15) is 0 Å². The van der Waals surface area contributed by atoms with Gasteiger partial charge in [-0.25, -0.2) is 13.1 Å².